The Balaban J connectivity index is 1.46. The number of nitrogens with zero attached hydrogens (tertiary/aromatic N) is 2. The summed E-state index contributed by atoms with van der Waals surface area (Å²) in [5.74, 6) is 1.06. The standard InChI is InChI=1S/C28H24N2O2/c31-27-28(19-22-11-4-1-5-12-22,20-23-13-6-2-7-14-23)30-18-10-17-25(26(30)29-27)32-21-24-15-8-3-9-16-24/h1-18H,19-21H2. The third-order valence-corrected chi connectivity index (χ3v) is 5.91. The van der Waals surface area contributed by atoms with E-state index in [9.17, 15) is 4.79 Å². The summed E-state index contributed by atoms with van der Waals surface area (Å²) in [4.78, 5) is 20.1. The molecule has 4 heteroatoms. The minimum Gasteiger partial charge on any atom is -0.485 e. The van der Waals surface area contributed by atoms with E-state index < -0.39 is 5.54 Å². The van der Waals surface area contributed by atoms with Gasteiger partial charge in [-0.05, 0) is 28.8 Å². The first-order chi connectivity index (χ1) is 15.7. The molecule has 4 nitrogen and oxygen atoms in total. The predicted octanol–water partition coefficient (Wildman–Crippen LogP) is 5.08. The van der Waals surface area contributed by atoms with Gasteiger partial charge in [0.1, 0.15) is 12.1 Å². The normalized spacial score (nSPS) is 16.4. The topological polar surface area (TPSA) is 41.9 Å². The zero-order valence-electron chi connectivity index (χ0n) is 17.7. The molecule has 0 radical (unpaired) electrons. The minimum absolute atomic E-state index is 0.138. The number of fused-ring (bicyclic) bond motifs is 1. The number of aliphatic imine (C=N–C) groups is 1. The molecule has 2 heterocycles. The minimum atomic E-state index is -0.829. The van der Waals surface area contributed by atoms with E-state index >= 15 is 0 Å². The van der Waals surface area contributed by atoms with Crippen molar-refractivity contribution in [3.05, 3.63) is 132 Å². The van der Waals surface area contributed by atoms with E-state index in [0.717, 1.165) is 16.7 Å². The molecular weight excluding hydrogens is 396 g/mol. The Morgan fingerprint density at radius 1 is 0.750 bits per heavy atom. The summed E-state index contributed by atoms with van der Waals surface area (Å²) in [6.07, 6.45) is 6.89. The van der Waals surface area contributed by atoms with Gasteiger partial charge in [-0.15, -0.1) is 0 Å². The number of rotatable bonds is 7. The Labute approximate surface area is 188 Å². The van der Waals surface area contributed by atoms with Crippen molar-refractivity contribution in [3.63, 3.8) is 0 Å². The number of hydrogen-bond donors (Lipinski definition) is 0. The molecule has 2 aliphatic rings. The molecule has 5 rings (SSSR count). The van der Waals surface area contributed by atoms with Crippen molar-refractivity contribution in [2.45, 2.75) is 25.0 Å². The molecule has 0 atom stereocenters. The maximum absolute atomic E-state index is 13.5. The van der Waals surface area contributed by atoms with Gasteiger partial charge in [-0.25, -0.2) is 0 Å². The summed E-state index contributed by atoms with van der Waals surface area (Å²) < 4.78 is 6.11. The summed E-state index contributed by atoms with van der Waals surface area (Å²) in [5.41, 5.74) is 2.44. The molecule has 3 aromatic rings. The molecule has 0 saturated carbocycles. The fourth-order valence-electron chi connectivity index (χ4n) is 4.34. The van der Waals surface area contributed by atoms with Crippen molar-refractivity contribution in [3.8, 4) is 0 Å². The lowest BCUT2D eigenvalue weighted by Gasteiger charge is -2.38. The lowest BCUT2D eigenvalue weighted by atomic mass is 9.83. The van der Waals surface area contributed by atoms with Crippen LogP contribution < -0.4 is 0 Å². The Morgan fingerprint density at radius 2 is 1.28 bits per heavy atom. The van der Waals surface area contributed by atoms with Crippen molar-refractivity contribution < 1.29 is 9.53 Å². The van der Waals surface area contributed by atoms with E-state index in [0.29, 0.717) is 31.0 Å². The molecule has 0 bridgehead atoms. The highest BCUT2D eigenvalue weighted by Crippen LogP contribution is 2.36. The molecule has 0 N–H and O–H groups in total. The predicted molar refractivity (Wildman–Crippen MR) is 126 cm³/mol. The Bertz CT molecular complexity index is 1140. The molecule has 0 aromatic heterocycles. The number of hydrogen-bond acceptors (Lipinski definition) is 3. The molecule has 3 aromatic carbocycles. The van der Waals surface area contributed by atoms with E-state index in [1.807, 2.05) is 90.0 Å². The van der Waals surface area contributed by atoms with E-state index in [1.54, 1.807) is 0 Å². The van der Waals surface area contributed by atoms with Gasteiger partial charge < -0.3 is 9.64 Å². The second-order valence-corrected chi connectivity index (χ2v) is 8.11. The summed E-state index contributed by atoms with van der Waals surface area (Å²) in [5, 5.41) is 0. The molecule has 2 aliphatic heterocycles. The summed E-state index contributed by atoms with van der Waals surface area (Å²) in [6.45, 7) is 0.423. The van der Waals surface area contributed by atoms with Crippen LogP contribution in [0.15, 0.2) is 120 Å². The first-order valence-corrected chi connectivity index (χ1v) is 10.8. The summed E-state index contributed by atoms with van der Waals surface area (Å²) in [6, 6.07) is 30.3. The van der Waals surface area contributed by atoms with E-state index in [-0.39, 0.29) is 5.91 Å². The van der Waals surface area contributed by atoms with Crippen LogP contribution in [0.1, 0.15) is 16.7 Å². The molecule has 0 aliphatic carbocycles. The lowest BCUT2D eigenvalue weighted by molar-refractivity contribution is -0.124. The van der Waals surface area contributed by atoms with Crippen LogP contribution in [-0.4, -0.2) is 22.2 Å². The molecule has 0 saturated heterocycles. The van der Waals surface area contributed by atoms with Gasteiger partial charge in [0.15, 0.2) is 11.6 Å². The van der Waals surface area contributed by atoms with Crippen LogP contribution >= 0.6 is 0 Å². The van der Waals surface area contributed by atoms with Crippen molar-refractivity contribution in [1.29, 1.82) is 0 Å². The third kappa shape index (κ3) is 3.87. The smallest absolute Gasteiger partial charge is 0.274 e. The second kappa shape index (κ2) is 8.67. The van der Waals surface area contributed by atoms with Gasteiger partial charge in [0.25, 0.3) is 5.91 Å². The number of amidine groups is 1. The first-order valence-electron chi connectivity index (χ1n) is 10.8. The fraction of sp³-hybridized carbons (Fsp3) is 0.143. The Hall–Kier alpha value is -3.92. The Morgan fingerprint density at radius 3 is 1.84 bits per heavy atom. The number of amides is 1. The molecule has 0 fully saturated rings. The number of ether oxygens (including phenoxy) is 1. The van der Waals surface area contributed by atoms with Gasteiger partial charge in [0.05, 0.1) is 0 Å². The summed E-state index contributed by atoms with van der Waals surface area (Å²) >= 11 is 0. The fourth-order valence-corrected chi connectivity index (χ4v) is 4.34. The van der Waals surface area contributed by atoms with Gasteiger partial charge in [0, 0.05) is 19.0 Å². The molecule has 0 unspecified atom stereocenters. The SMILES string of the molecule is O=C1N=C2C(OCc3ccccc3)=CC=CN2C1(Cc1ccccc1)Cc1ccccc1. The maximum Gasteiger partial charge on any atom is 0.274 e. The highest BCUT2D eigenvalue weighted by atomic mass is 16.5. The van der Waals surface area contributed by atoms with Gasteiger partial charge in [-0.2, -0.15) is 4.99 Å². The van der Waals surface area contributed by atoms with Crippen LogP contribution in [0.5, 0.6) is 0 Å². The van der Waals surface area contributed by atoms with Gasteiger partial charge in [-0.3, -0.25) is 4.79 Å². The van der Waals surface area contributed by atoms with Gasteiger partial charge in [0.2, 0.25) is 0 Å². The van der Waals surface area contributed by atoms with E-state index in [4.69, 9.17) is 4.74 Å². The molecule has 0 spiro atoms. The molecule has 32 heavy (non-hydrogen) atoms. The highest BCUT2D eigenvalue weighted by molar-refractivity contribution is 6.14. The quantitative estimate of drug-likeness (QED) is 0.535. The second-order valence-electron chi connectivity index (χ2n) is 8.11. The van der Waals surface area contributed by atoms with Crippen LogP contribution in [0.4, 0.5) is 0 Å². The van der Waals surface area contributed by atoms with E-state index in [1.165, 1.54) is 0 Å². The molecular formula is C28H24N2O2. The average Bonchev–Trinajstić information content (AvgIpc) is 3.11. The van der Waals surface area contributed by atoms with Crippen LogP contribution in [0.25, 0.3) is 0 Å². The first kappa shape index (κ1) is 20.0. The average molecular weight is 421 g/mol. The number of carbonyl (C=O) groups excluding carboxylic acids is 1. The largest absolute Gasteiger partial charge is 0.485 e. The van der Waals surface area contributed by atoms with Crippen LogP contribution in [0.3, 0.4) is 0 Å². The van der Waals surface area contributed by atoms with Crippen molar-refractivity contribution >= 4 is 11.7 Å². The molecule has 158 valence electrons. The van der Waals surface area contributed by atoms with Gasteiger partial charge in [-0.1, -0.05) is 91.0 Å². The molecule has 1 amide bonds. The van der Waals surface area contributed by atoms with Crippen molar-refractivity contribution in [2.24, 2.45) is 4.99 Å². The highest BCUT2D eigenvalue weighted by Gasteiger charge is 2.51. The maximum atomic E-state index is 13.5. The monoisotopic (exact) mass is 420 g/mol. The van der Waals surface area contributed by atoms with Gasteiger partial charge >= 0.3 is 0 Å². The Kier molecular flexibility index (Phi) is 5.42. The van der Waals surface area contributed by atoms with Crippen LogP contribution in [-0.2, 0) is 29.0 Å². The summed E-state index contributed by atoms with van der Waals surface area (Å²) in [7, 11) is 0. The number of carbonyl (C=O) groups is 1. The number of benzene rings is 3. The number of allylic oxidation sites excluding steroid dienone is 2. The van der Waals surface area contributed by atoms with Crippen LogP contribution in [0.2, 0.25) is 0 Å². The van der Waals surface area contributed by atoms with Crippen LogP contribution in [0, 0.1) is 0 Å². The third-order valence-electron chi connectivity index (χ3n) is 5.91. The zero-order chi connectivity index (χ0) is 21.8. The van der Waals surface area contributed by atoms with Crippen molar-refractivity contribution in [2.75, 3.05) is 0 Å². The lowest BCUT2D eigenvalue weighted by Crippen LogP contribution is -2.53. The van der Waals surface area contributed by atoms with Crippen molar-refractivity contribution in [1.82, 2.24) is 4.90 Å². The van der Waals surface area contributed by atoms with E-state index in [2.05, 4.69) is 29.3 Å². The zero-order valence-corrected chi connectivity index (χ0v) is 17.7.